The highest BCUT2D eigenvalue weighted by Gasteiger charge is 2.32. The molecule has 2 heterocycles. The summed E-state index contributed by atoms with van der Waals surface area (Å²) in [4.78, 5) is 6.25. The van der Waals surface area contributed by atoms with Gasteiger partial charge in [0.2, 0.25) is 0 Å². The minimum atomic E-state index is -4.38. The minimum absolute atomic E-state index is 0.275. The fourth-order valence-corrected chi connectivity index (χ4v) is 1.30. The van der Waals surface area contributed by atoms with Crippen molar-refractivity contribution in [3.8, 4) is 0 Å². The van der Waals surface area contributed by atoms with Crippen LogP contribution in [0.4, 0.5) is 13.2 Å². The van der Waals surface area contributed by atoms with Crippen molar-refractivity contribution in [1.82, 2.24) is 9.97 Å². The molecule has 2 aromatic heterocycles. The zero-order chi connectivity index (χ0) is 10.3. The van der Waals surface area contributed by atoms with Crippen LogP contribution in [0.1, 0.15) is 11.4 Å². The number of fused-ring (bicyclic) bond motifs is 1. The second-order valence-corrected chi connectivity index (χ2v) is 3.08. The molecule has 5 heteroatoms. The van der Waals surface area contributed by atoms with Crippen molar-refractivity contribution in [2.24, 2.45) is 0 Å². The molecule has 0 aromatic carbocycles. The number of aromatic amines is 1. The fraction of sp³-hybridized carbons (Fsp3) is 0.222. The van der Waals surface area contributed by atoms with Gasteiger partial charge in [-0.2, -0.15) is 13.2 Å². The lowest BCUT2D eigenvalue weighted by atomic mass is 10.3. The summed E-state index contributed by atoms with van der Waals surface area (Å²) < 4.78 is 36.7. The largest absolute Gasteiger partial charge is 0.433 e. The summed E-state index contributed by atoms with van der Waals surface area (Å²) in [7, 11) is 0. The molecule has 0 spiro atoms. The quantitative estimate of drug-likeness (QED) is 0.695. The highest BCUT2D eigenvalue weighted by molar-refractivity contribution is 5.76. The smallest absolute Gasteiger partial charge is 0.344 e. The number of aromatic nitrogens is 2. The Morgan fingerprint density at radius 1 is 1.29 bits per heavy atom. The molecule has 74 valence electrons. The predicted octanol–water partition coefficient (Wildman–Crippen LogP) is 2.89. The van der Waals surface area contributed by atoms with Gasteiger partial charge in [0.15, 0.2) is 0 Å². The normalized spacial score (nSPS) is 12.3. The molecular weight excluding hydrogens is 193 g/mol. The molecule has 0 aliphatic carbocycles. The SMILES string of the molecule is Cc1cc2ccc(C(F)(F)F)nc2[nH]1. The van der Waals surface area contributed by atoms with E-state index in [9.17, 15) is 13.2 Å². The van der Waals surface area contributed by atoms with Gasteiger partial charge >= 0.3 is 6.18 Å². The number of rotatable bonds is 0. The van der Waals surface area contributed by atoms with Crippen LogP contribution in [0.5, 0.6) is 0 Å². The summed E-state index contributed by atoms with van der Waals surface area (Å²) in [6, 6.07) is 4.15. The zero-order valence-electron chi connectivity index (χ0n) is 7.31. The fourth-order valence-electron chi connectivity index (χ4n) is 1.30. The topological polar surface area (TPSA) is 28.7 Å². The summed E-state index contributed by atoms with van der Waals surface area (Å²) in [6.07, 6.45) is -4.38. The maximum absolute atomic E-state index is 12.2. The highest BCUT2D eigenvalue weighted by Crippen LogP contribution is 2.28. The molecule has 0 bridgehead atoms. The summed E-state index contributed by atoms with van der Waals surface area (Å²) in [5.41, 5.74) is 0.205. The summed E-state index contributed by atoms with van der Waals surface area (Å²) >= 11 is 0. The molecule has 0 amide bonds. The maximum atomic E-state index is 12.2. The van der Waals surface area contributed by atoms with E-state index in [1.54, 1.807) is 13.0 Å². The Morgan fingerprint density at radius 3 is 2.64 bits per heavy atom. The zero-order valence-corrected chi connectivity index (χ0v) is 7.31. The molecular formula is C9H7F3N2. The average molecular weight is 200 g/mol. The van der Waals surface area contributed by atoms with Crippen molar-refractivity contribution in [2.75, 3.05) is 0 Å². The van der Waals surface area contributed by atoms with Gasteiger partial charge < -0.3 is 4.98 Å². The Bertz CT molecular complexity index is 470. The van der Waals surface area contributed by atoms with Crippen LogP contribution in [-0.4, -0.2) is 9.97 Å². The van der Waals surface area contributed by atoms with E-state index in [1.807, 2.05) is 0 Å². The number of nitrogens with zero attached hydrogens (tertiary/aromatic N) is 1. The van der Waals surface area contributed by atoms with Crippen molar-refractivity contribution in [3.63, 3.8) is 0 Å². The van der Waals surface area contributed by atoms with Gasteiger partial charge in [-0.1, -0.05) is 0 Å². The first-order chi connectivity index (χ1) is 6.47. The molecule has 1 N–H and O–H groups in total. The average Bonchev–Trinajstić information content (AvgIpc) is 2.41. The van der Waals surface area contributed by atoms with E-state index in [0.717, 1.165) is 11.8 Å². The van der Waals surface area contributed by atoms with Crippen LogP contribution in [0.2, 0.25) is 0 Å². The van der Waals surface area contributed by atoms with E-state index in [1.165, 1.54) is 6.07 Å². The van der Waals surface area contributed by atoms with Crippen LogP contribution >= 0.6 is 0 Å². The third-order valence-corrected chi connectivity index (χ3v) is 1.90. The van der Waals surface area contributed by atoms with E-state index >= 15 is 0 Å². The van der Waals surface area contributed by atoms with Crippen LogP contribution < -0.4 is 0 Å². The Balaban J connectivity index is 2.62. The number of pyridine rings is 1. The molecule has 2 nitrogen and oxygen atoms in total. The minimum Gasteiger partial charge on any atom is -0.344 e. The third kappa shape index (κ3) is 1.45. The van der Waals surface area contributed by atoms with Gasteiger partial charge in [-0.15, -0.1) is 0 Å². The van der Waals surface area contributed by atoms with E-state index in [0.29, 0.717) is 5.39 Å². The number of hydrogen-bond acceptors (Lipinski definition) is 1. The third-order valence-electron chi connectivity index (χ3n) is 1.90. The summed E-state index contributed by atoms with van der Waals surface area (Å²) in [6.45, 7) is 1.77. The van der Waals surface area contributed by atoms with Gasteiger partial charge in [-0.3, -0.25) is 0 Å². The monoisotopic (exact) mass is 200 g/mol. The number of aryl methyl sites for hydroxylation is 1. The molecule has 0 aliphatic heterocycles. The number of halogens is 3. The van der Waals surface area contributed by atoms with Crippen molar-refractivity contribution in [3.05, 3.63) is 29.6 Å². The van der Waals surface area contributed by atoms with E-state index < -0.39 is 11.9 Å². The van der Waals surface area contributed by atoms with Gasteiger partial charge in [0.1, 0.15) is 11.3 Å². The van der Waals surface area contributed by atoms with E-state index in [4.69, 9.17) is 0 Å². The van der Waals surface area contributed by atoms with Crippen molar-refractivity contribution in [2.45, 2.75) is 13.1 Å². The molecule has 2 aromatic rings. The number of H-pyrrole nitrogens is 1. The van der Waals surface area contributed by atoms with Gasteiger partial charge in [0, 0.05) is 11.1 Å². The van der Waals surface area contributed by atoms with Crippen LogP contribution in [0, 0.1) is 6.92 Å². The Kier molecular flexibility index (Phi) is 1.77. The standard InChI is InChI=1S/C9H7F3N2/c1-5-4-6-2-3-7(9(10,11)12)14-8(6)13-5/h2-4H,1H3,(H,13,14). The maximum Gasteiger partial charge on any atom is 0.433 e. The van der Waals surface area contributed by atoms with E-state index in [-0.39, 0.29) is 5.65 Å². The molecule has 0 fully saturated rings. The van der Waals surface area contributed by atoms with Crippen LogP contribution in [-0.2, 0) is 6.18 Å². The van der Waals surface area contributed by atoms with Gasteiger partial charge in [0.05, 0.1) is 0 Å². The molecule has 0 unspecified atom stereocenters. The molecule has 2 rings (SSSR count). The second-order valence-electron chi connectivity index (χ2n) is 3.08. The molecule has 14 heavy (non-hydrogen) atoms. The molecule has 0 aliphatic rings. The Labute approximate surface area is 77.8 Å². The molecule has 0 radical (unpaired) electrons. The Morgan fingerprint density at radius 2 is 2.00 bits per heavy atom. The first-order valence-electron chi connectivity index (χ1n) is 4.00. The lowest BCUT2D eigenvalue weighted by Gasteiger charge is -2.04. The lowest BCUT2D eigenvalue weighted by molar-refractivity contribution is -0.141. The first kappa shape index (κ1) is 9.05. The summed E-state index contributed by atoms with van der Waals surface area (Å²) in [5, 5.41) is 0.690. The number of hydrogen-bond donors (Lipinski definition) is 1. The first-order valence-corrected chi connectivity index (χ1v) is 4.00. The number of alkyl halides is 3. The Hall–Kier alpha value is -1.52. The van der Waals surface area contributed by atoms with E-state index in [2.05, 4.69) is 9.97 Å². The second kappa shape index (κ2) is 2.73. The van der Waals surface area contributed by atoms with Crippen LogP contribution in [0.25, 0.3) is 11.0 Å². The predicted molar refractivity (Wildman–Crippen MR) is 45.8 cm³/mol. The van der Waals surface area contributed by atoms with Gasteiger partial charge in [-0.05, 0) is 25.1 Å². The van der Waals surface area contributed by atoms with Crippen LogP contribution in [0.15, 0.2) is 18.2 Å². The van der Waals surface area contributed by atoms with Crippen molar-refractivity contribution < 1.29 is 13.2 Å². The van der Waals surface area contributed by atoms with Gasteiger partial charge in [-0.25, -0.2) is 4.98 Å². The molecule has 0 saturated carbocycles. The molecule has 0 saturated heterocycles. The number of nitrogens with one attached hydrogen (secondary N) is 1. The van der Waals surface area contributed by atoms with Crippen LogP contribution in [0.3, 0.4) is 0 Å². The highest BCUT2D eigenvalue weighted by atomic mass is 19.4. The lowest BCUT2D eigenvalue weighted by Crippen LogP contribution is -2.07. The van der Waals surface area contributed by atoms with Gasteiger partial charge in [0.25, 0.3) is 0 Å². The molecule has 0 atom stereocenters. The van der Waals surface area contributed by atoms with Crippen molar-refractivity contribution >= 4 is 11.0 Å². The summed E-state index contributed by atoms with van der Waals surface area (Å²) in [5.74, 6) is 0. The van der Waals surface area contributed by atoms with Crippen molar-refractivity contribution in [1.29, 1.82) is 0 Å².